The largest absolute Gasteiger partial charge is 0.497 e. The molecule has 8 rings (SSSR count). The summed E-state index contributed by atoms with van der Waals surface area (Å²) in [4.78, 5) is 40.4. The number of benzene rings is 4. The second-order valence-electron chi connectivity index (χ2n) is 13.4. The van der Waals surface area contributed by atoms with Crippen molar-refractivity contribution in [3.63, 3.8) is 0 Å². The predicted molar refractivity (Wildman–Crippen MR) is 209 cm³/mol. The number of hydrogen-bond acceptors (Lipinski definition) is 10. The number of hydrogen-bond donors (Lipinski definition) is 0. The van der Waals surface area contributed by atoms with Gasteiger partial charge in [0.25, 0.3) is 11.8 Å². The molecule has 55 heavy (non-hydrogen) atoms. The molecule has 0 fully saturated rings. The predicted octanol–water partition coefficient (Wildman–Crippen LogP) is 7.51. The molecule has 4 aliphatic rings. The quantitative estimate of drug-likeness (QED) is 0.137. The normalized spacial score (nSPS) is 18.0. The molecule has 12 heteroatoms. The van der Waals surface area contributed by atoms with E-state index in [-0.39, 0.29) is 23.9 Å². The number of rotatable bonds is 12. The van der Waals surface area contributed by atoms with Gasteiger partial charge in [0.15, 0.2) is 23.0 Å². The number of methoxy groups -OCH3 is 4. The Morgan fingerprint density at radius 1 is 0.582 bits per heavy atom. The zero-order valence-corrected chi connectivity index (χ0v) is 31.0. The van der Waals surface area contributed by atoms with E-state index in [1.165, 1.54) is 0 Å². The van der Waals surface area contributed by atoms with E-state index in [2.05, 4.69) is 0 Å². The number of ether oxygens (including phenoxy) is 6. The summed E-state index contributed by atoms with van der Waals surface area (Å²) in [5.41, 5.74) is 5.95. The van der Waals surface area contributed by atoms with Crippen LogP contribution in [0, 0.1) is 0 Å². The second kappa shape index (κ2) is 15.1. The number of carbonyl (C=O) groups excluding carboxylic acids is 2. The SMILES string of the molecule is COc1cccc(C2=CN3C(=O)c4cc(OC)c(OCCCOc5cc6c(cc5OC)C(=O)N5C=C(c7cccc(OC)c7)C[C@H]5C=N6)cc4N=C[C@@H]3C2)c1. The van der Waals surface area contributed by atoms with Gasteiger partial charge in [0.2, 0.25) is 0 Å². The van der Waals surface area contributed by atoms with Crippen LogP contribution in [-0.2, 0) is 0 Å². The summed E-state index contributed by atoms with van der Waals surface area (Å²) in [5.74, 6) is 3.00. The van der Waals surface area contributed by atoms with Crippen molar-refractivity contribution in [2.75, 3.05) is 41.7 Å². The van der Waals surface area contributed by atoms with Crippen molar-refractivity contribution < 1.29 is 38.0 Å². The van der Waals surface area contributed by atoms with Gasteiger partial charge in [0.1, 0.15) is 11.5 Å². The van der Waals surface area contributed by atoms with Gasteiger partial charge >= 0.3 is 0 Å². The molecule has 0 saturated carbocycles. The number of carbonyl (C=O) groups is 2. The Labute approximate surface area is 318 Å². The van der Waals surface area contributed by atoms with E-state index >= 15 is 0 Å². The summed E-state index contributed by atoms with van der Waals surface area (Å²) in [6, 6.07) is 22.0. The first-order chi connectivity index (χ1) is 26.9. The number of nitrogens with zero attached hydrogens (tertiary/aromatic N) is 4. The lowest BCUT2D eigenvalue weighted by Crippen LogP contribution is -2.32. The summed E-state index contributed by atoms with van der Waals surface area (Å²) in [5, 5.41) is 0. The van der Waals surface area contributed by atoms with Crippen molar-refractivity contribution in [1.82, 2.24) is 9.80 Å². The maximum Gasteiger partial charge on any atom is 0.260 e. The average molecular weight is 741 g/mol. The maximum absolute atomic E-state index is 13.8. The van der Waals surface area contributed by atoms with Crippen LogP contribution in [0.1, 0.15) is 51.1 Å². The Balaban J connectivity index is 0.913. The highest BCUT2D eigenvalue weighted by Crippen LogP contribution is 2.42. The summed E-state index contributed by atoms with van der Waals surface area (Å²) >= 11 is 0. The van der Waals surface area contributed by atoms with Crippen LogP contribution in [0.2, 0.25) is 0 Å². The van der Waals surface area contributed by atoms with Gasteiger partial charge < -0.3 is 38.2 Å². The van der Waals surface area contributed by atoms with Gasteiger partial charge in [-0.2, -0.15) is 0 Å². The minimum Gasteiger partial charge on any atom is -0.497 e. The molecule has 0 bridgehead atoms. The number of fused-ring (bicyclic) bond motifs is 4. The van der Waals surface area contributed by atoms with E-state index in [9.17, 15) is 9.59 Å². The number of amides is 2. The first kappa shape index (κ1) is 35.5. The Kier molecular flexibility index (Phi) is 9.71. The molecule has 0 aromatic heterocycles. The van der Waals surface area contributed by atoms with Gasteiger partial charge in [-0.15, -0.1) is 0 Å². The third-order valence-electron chi connectivity index (χ3n) is 10.1. The standard InChI is InChI=1S/C43H40N4O8/c1-50-32-10-5-8-26(16-32)28-14-30-22-44-36-20-40(38(52-3)18-34(36)42(48)46(30)24-28)54-12-7-13-55-41-21-37-35(19-39(41)53-4)43(49)47-25-29(15-31(47)23-45-37)27-9-6-11-33(17-27)51-2/h5-6,8-11,16-25,30-31H,7,12-15H2,1-4H3/t30-,31-/m0/s1. The summed E-state index contributed by atoms with van der Waals surface area (Å²) in [7, 11) is 6.35. The molecule has 0 spiro atoms. The van der Waals surface area contributed by atoms with Gasteiger partial charge in [0.05, 0.1) is 76.2 Å². The monoisotopic (exact) mass is 740 g/mol. The van der Waals surface area contributed by atoms with Gasteiger partial charge in [-0.05, 0) is 58.7 Å². The molecule has 4 aliphatic heterocycles. The first-order valence-electron chi connectivity index (χ1n) is 18.0. The lowest BCUT2D eigenvalue weighted by molar-refractivity contribution is 0.0809. The molecule has 0 N–H and O–H groups in total. The molecule has 0 saturated heterocycles. The summed E-state index contributed by atoms with van der Waals surface area (Å²) < 4.78 is 34.3. The van der Waals surface area contributed by atoms with Crippen molar-refractivity contribution in [2.24, 2.45) is 9.98 Å². The molecular weight excluding hydrogens is 700 g/mol. The lowest BCUT2D eigenvalue weighted by Gasteiger charge is -2.19. The van der Waals surface area contributed by atoms with Gasteiger partial charge in [-0.25, -0.2) is 0 Å². The van der Waals surface area contributed by atoms with Crippen LogP contribution in [0.25, 0.3) is 11.1 Å². The van der Waals surface area contributed by atoms with E-state index in [0.717, 1.165) is 33.8 Å². The average Bonchev–Trinajstić information content (AvgIpc) is 3.81. The smallest absolute Gasteiger partial charge is 0.260 e. The van der Waals surface area contributed by atoms with E-state index in [1.54, 1.807) is 62.5 Å². The Hall–Kier alpha value is -6.56. The molecule has 280 valence electrons. The zero-order chi connectivity index (χ0) is 38.1. The van der Waals surface area contributed by atoms with Crippen LogP contribution in [-0.4, -0.2) is 87.8 Å². The van der Waals surface area contributed by atoms with Crippen molar-refractivity contribution in [3.05, 3.63) is 107 Å². The fraction of sp³-hybridized carbons (Fsp3) is 0.256. The van der Waals surface area contributed by atoms with Crippen molar-refractivity contribution in [3.8, 4) is 34.5 Å². The highest BCUT2D eigenvalue weighted by atomic mass is 16.5. The third-order valence-corrected chi connectivity index (χ3v) is 10.1. The van der Waals surface area contributed by atoms with Crippen LogP contribution >= 0.6 is 0 Å². The fourth-order valence-corrected chi connectivity index (χ4v) is 7.21. The molecule has 2 amide bonds. The molecule has 2 atom stereocenters. The molecule has 4 heterocycles. The Morgan fingerprint density at radius 2 is 1.04 bits per heavy atom. The van der Waals surface area contributed by atoms with Gasteiger partial charge in [0, 0.05) is 56.2 Å². The second-order valence-corrected chi connectivity index (χ2v) is 13.4. The third kappa shape index (κ3) is 6.87. The molecule has 0 aliphatic carbocycles. The van der Waals surface area contributed by atoms with Crippen LogP contribution in [0.5, 0.6) is 34.5 Å². The molecule has 0 unspecified atom stereocenters. The van der Waals surface area contributed by atoms with E-state index < -0.39 is 0 Å². The Morgan fingerprint density at radius 3 is 1.45 bits per heavy atom. The minimum atomic E-state index is -0.214. The van der Waals surface area contributed by atoms with Crippen LogP contribution in [0.15, 0.2) is 95.2 Å². The van der Waals surface area contributed by atoms with Crippen LogP contribution in [0.3, 0.4) is 0 Å². The van der Waals surface area contributed by atoms with Crippen molar-refractivity contribution in [2.45, 2.75) is 31.3 Å². The molecule has 4 aromatic rings. The van der Waals surface area contributed by atoms with E-state index in [4.69, 9.17) is 38.4 Å². The maximum atomic E-state index is 13.8. The van der Waals surface area contributed by atoms with Gasteiger partial charge in [-0.1, -0.05) is 24.3 Å². The first-order valence-corrected chi connectivity index (χ1v) is 18.0. The molecule has 4 aromatic carbocycles. The summed E-state index contributed by atoms with van der Waals surface area (Å²) in [6.45, 7) is 0.605. The van der Waals surface area contributed by atoms with E-state index in [1.807, 2.05) is 73.4 Å². The zero-order valence-electron chi connectivity index (χ0n) is 31.0. The minimum absolute atomic E-state index is 0.163. The Bertz CT molecular complexity index is 2140. The highest BCUT2D eigenvalue weighted by Gasteiger charge is 2.35. The lowest BCUT2D eigenvalue weighted by atomic mass is 10.0. The van der Waals surface area contributed by atoms with Crippen molar-refractivity contribution >= 4 is 46.8 Å². The van der Waals surface area contributed by atoms with Crippen LogP contribution in [0.4, 0.5) is 11.4 Å². The fourth-order valence-electron chi connectivity index (χ4n) is 7.21. The van der Waals surface area contributed by atoms with Gasteiger partial charge in [-0.3, -0.25) is 19.6 Å². The molecule has 12 nitrogen and oxygen atoms in total. The summed E-state index contributed by atoms with van der Waals surface area (Å²) in [6.07, 6.45) is 9.19. The molecule has 0 radical (unpaired) electrons. The van der Waals surface area contributed by atoms with Crippen LogP contribution < -0.4 is 28.4 Å². The van der Waals surface area contributed by atoms with E-state index in [0.29, 0.717) is 78.0 Å². The number of aliphatic imine (C=N–C) groups is 2. The topological polar surface area (TPSA) is 121 Å². The highest BCUT2D eigenvalue weighted by molar-refractivity contribution is 6.06. The van der Waals surface area contributed by atoms with Crippen molar-refractivity contribution in [1.29, 1.82) is 0 Å². The molecular formula is C43H40N4O8.